The van der Waals surface area contributed by atoms with Gasteiger partial charge in [-0.15, -0.1) is 0 Å². The van der Waals surface area contributed by atoms with Gasteiger partial charge >= 0.3 is 27.6 Å². The van der Waals surface area contributed by atoms with Gasteiger partial charge < -0.3 is 34.6 Å². The number of esters is 2. The van der Waals surface area contributed by atoms with Crippen LogP contribution in [0.2, 0.25) is 0 Å². The van der Waals surface area contributed by atoms with Crippen LogP contribution in [0, 0.1) is 0 Å². The van der Waals surface area contributed by atoms with Crippen molar-refractivity contribution in [3.8, 4) is 0 Å². The first-order chi connectivity index (χ1) is 29.8. The molecular weight excluding hydrogens is 842 g/mol. The number of hydrogen-bond donors (Lipinski definition) is 5. The monoisotopic (exact) mass is 912 g/mol. The third-order valence-corrected chi connectivity index (χ3v) is 9.57. The molecular formula is C45H70O15P2. The van der Waals surface area contributed by atoms with Gasteiger partial charge in [-0.2, -0.15) is 0 Å². The number of aliphatic hydroxyl groups excluding tert-OH is 3. The Morgan fingerprint density at radius 1 is 0.419 bits per heavy atom. The van der Waals surface area contributed by atoms with Gasteiger partial charge in [-0.25, -0.2) is 9.13 Å². The smallest absolute Gasteiger partial charge is 0.463 e. The van der Waals surface area contributed by atoms with Crippen LogP contribution in [-0.4, -0.2) is 95.0 Å². The van der Waals surface area contributed by atoms with Crippen LogP contribution < -0.4 is 0 Å². The molecule has 0 spiro atoms. The molecule has 0 aromatic heterocycles. The zero-order chi connectivity index (χ0) is 46.0. The summed E-state index contributed by atoms with van der Waals surface area (Å²) in [7, 11) is -9.61. The lowest BCUT2D eigenvalue weighted by molar-refractivity contribution is -0.148. The Bertz CT molecular complexity index is 1460. The van der Waals surface area contributed by atoms with Crippen molar-refractivity contribution in [2.24, 2.45) is 0 Å². The minimum Gasteiger partial charge on any atom is -0.463 e. The van der Waals surface area contributed by atoms with E-state index >= 15 is 0 Å². The van der Waals surface area contributed by atoms with Gasteiger partial charge in [-0.1, -0.05) is 148 Å². The summed E-state index contributed by atoms with van der Waals surface area (Å²) < 4.78 is 52.7. The van der Waals surface area contributed by atoms with Gasteiger partial charge in [-0.05, 0) is 51.4 Å². The van der Waals surface area contributed by atoms with E-state index in [4.69, 9.17) is 9.47 Å². The third kappa shape index (κ3) is 41.8. The molecule has 0 aliphatic heterocycles. The lowest BCUT2D eigenvalue weighted by Gasteiger charge is -2.19. The van der Waals surface area contributed by atoms with E-state index in [0.29, 0.717) is 12.8 Å². The summed E-state index contributed by atoms with van der Waals surface area (Å²) in [5.74, 6) is -1.09. The van der Waals surface area contributed by atoms with Gasteiger partial charge in [0.1, 0.15) is 31.5 Å². The van der Waals surface area contributed by atoms with Crippen molar-refractivity contribution in [1.29, 1.82) is 0 Å². The fourth-order valence-electron chi connectivity index (χ4n) is 4.43. The molecule has 17 heteroatoms. The van der Waals surface area contributed by atoms with Gasteiger partial charge in [0, 0.05) is 12.8 Å². The normalized spacial score (nSPS) is 16.4. The Morgan fingerprint density at radius 3 is 1.00 bits per heavy atom. The highest BCUT2D eigenvalue weighted by atomic mass is 31.2. The molecule has 0 aromatic rings. The summed E-state index contributed by atoms with van der Waals surface area (Å²) in [5.41, 5.74) is 0. The second kappa shape index (κ2) is 40.2. The topological polar surface area (TPSA) is 225 Å². The number of ether oxygens (including phenoxy) is 2. The number of rotatable bonds is 38. The Hall–Kier alpha value is -3.56. The van der Waals surface area contributed by atoms with E-state index in [9.17, 15) is 43.8 Å². The first-order valence-corrected chi connectivity index (χ1v) is 24.0. The van der Waals surface area contributed by atoms with Crippen molar-refractivity contribution in [2.75, 3.05) is 39.6 Å². The number of phosphoric ester groups is 2. The third-order valence-electron chi connectivity index (χ3n) is 7.67. The van der Waals surface area contributed by atoms with Crippen LogP contribution in [0.1, 0.15) is 90.9 Å². The average molecular weight is 913 g/mol. The van der Waals surface area contributed by atoms with Crippen LogP contribution in [0.25, 0.3) is 0 Å². The van der Waals surface area contributed by atoms with Crippen LogP contribution in [-0.2, 0) is 46.3 Å². The molecule has 0 fully saturated rings. The number of phosphoric acid groups is 2. The number of carbonyl (C=O) groups is 2. The summed E-state index contributed by atoms with van der Waals surface area (Å²) in [4.78, 5) is 43.6. The fraction of sp³-hybridized carbons (Fsp3) is 0.511. The molecule has 0 heterocycles. The van der Waals surface area contributed by atoms with Crippen LogP contribution >= 0.6 is 15.6 Å². The maximum absolute atomic E-state index is 12.1. The predicted molar refractivity (Wildman–Crippen MR) is 242 cm³/mol. The fourth-order valence-corrected chi connectivity index (χ4v) is 6.02. The maximum Gasteiger partial charge on any atom is 0.472 e. The van der Waals surface area contributed by atoms with E-state index in [1.165, 1.54) is 0 Å². The van der Waals surface area contributed by atoms with E-state index in [0.717, 1.165) is 51.4 Å². The zero-order valence-electron chi connectivity index (χ0n) is 36.2. The van der Waals surface area contributed by atoms with Crippen molar-refractivity contribution in [3.05, 3.63) is 122 Å². The first kappa shape index (κ1) is 58.4. The second-order valence-electron chi connectivity index (χ2n) is 13.5. The lowest BCUT2D eigenvalue weighted by Crippen LogP contribution is -2.25. The quantitative estimate of drug-likeness (QED) is 0.0169. The summed E-state index contributed by atoms with van der Waals surface area (Å²) in [6.07, 6.45) is 43.4. The van der Waals surface area contributed by atoms with Crippen molar-refractivity contribution < 1.29 is 71.4 Å². The molecule has 0 radical (unpaired) electrons. The van der Waals surface area contributed by atoms with Gasteiger partial charge in [-0.3, -0.25) is 27.7 Å². The van der Waals surface area contributed by atoms with Gasteiger partial charge in [0.15, 0.2) is 0 Å². The Balaban J connectivity index is 4.06. The second-order valence-corrected chi connectivity index (χ2v) is 16.4. The first-order valence-electron chi connectivity index (χ1n) is 21.0. The van der Waals surface area contributed by atoms with E-state index in [1.54, 1.807) is 0 Å². The highest BCUT2D eigenvalue weighted by molar-refractivity contribution is 7.47. The number of hydrogen-bond acceptors (Lipinski definition) is 13. The van der Waals surface area contributed by atoms with Crippen LogP contribution in [0.3, 0.4) is 0 Å². The van der Waals surface area contributed by atoms with E-state index in [2.05, 4.69) is 44.1 Å². The summed E-state index contributed by atoms with van der Waals surface area (Å²) in [6.45, 7) is -0.0414. The molecule has 350 valence electrons. The number of carbonyl (C=O) groups excluding carboxylic acids is 2. The Morgan fingerprint density at radius 2 is 0.694 bits per heavy atom. The number of unbranched alkanes of at least 4 members (excludes halogenated alkanes) is 6. The molecule has 0 aromatic carbocycles. The molecule has 0 saturated carbocycles. The molecule has 0 rings (SSSR count). The molecule has 0 bridgehead atoms. The molecule has 15 nitrogen and oxygen atoms in total. The summed E-state index contributed by atoms with van der Waals surface area (Å²) in [5, 5.41) is 29.9. The highest BCUT2D eigenvalue weighted by Crippen LogP contribution is 2.45. The van der Waals surface area contributed by atoms with Crippen LogP contribution in [0.4, 0.5) is 0 Å². The number of allylic oxidation sites excluding steroid dienone is 20. The molecule has 4 atom stereocenters. The average Bonchev–Trinajstić information content (AvgIpc) is 3.24. The van der Waals surface area contributed by atoms with Gasteiger partial charge in [0.25, 0.3) is 0 Å². The summed E-state index contributed by atoms with van der Waals surface area (Å²) >= 11 is 0. The molecule has 5 N–H and O–H groups in total. The maximum atomic E-state index is 12.1. The Kier molecular flexibility index (Phi) is 37.9. The zero-order valence-corrected chi connectivity index (χ0v) is 38.0. The molecule has 0 aliphatic rings. The lowest BCUT2D eigenvalue weighted by atomic mass is 10.1. The summed E-state index contributed by atoms with van der Waals surface area (Å²) in [6, 6.07) is 0. The predicted octanol–water partition coefficient (Wildman–Crippen LogP) is 8.71. The van der Waals surface area contributed by atoms with Crippen LogP contribution in [0.5, 0.6) is 0 Å². The molecule has 0 saturated heterocycles. The van der Waals surface area contributed by atoms with E-state index < -0.39 is 85.5 Å². The van der Waals surface area contributed by atoms with E-state index in [1.807, 2.05) is 109 Å². The van der Waals surface area contributed by atoms with Gasteiger partial charge in [0.2, 0.25) is 0 Å². The molecule has 62 heavy (non-hydrogen) atoms. The van der Waals surface area contributed by atoms with Crippen LogP contribution in [0.15, 0.2) is 122 Å². The number of aliphatic hydroxyl groups is 3. The standard InChI is InChI=1S/C45H70O15P2/c1-3-5-7-9-11-13-15-17-19-21-23-25-27-29-31-33-44(49)55-35-41(46)37-57-61(51,52)59-39-43(48)40-60-62(53,54)58-38-42(47)36-56-45(50)34-32-30-28-26-24-22-20-18-16-14-12-10-8-6-4-2/h5-24,41-43,46-48H,3-4,25-40H2,1-2H3,(H,51,52)(H,53,54)/b7-5+,8-6+,11-9+,12-10+,15-13-,16-14-,19-17-,20-18-,23-21+,24-22+. The minimum absolute atomic E-state index is 0.139. The van der Waals surface area contributed by atoms with E-state index in [-0.39, 0.29) is 12.8 Å². The van der Waals surface area contributed by atoms with Gasteiger partial charge in [0.05, 0.1) is 26.4 Å². The van der Waals surface area contributed by atoms with Crippen molar-refractivity contribution in [1.82, 2.24) is 0 Å². The highest BCUT2D eigenvalue weighted by Gasteiger charge is 2.28. The Labute approximate surface area is 368 Å². The van der Waals surface area contributed by atoms with Crippen molar-refractivity contribution in [2.45, 2.75) is 109 Å². The molecule has 0 amide bonds. The molecule has 0 aliphatic carbocycles. The largest absolute Gasteiger partial charge is 0.472 e. The SMILES string of the molecule is CC/C=C/C=C/C=C\C=C/C=C/CCCCCC(=O)OCC(O)COP(=O)(O)OCC(O)COP(=O)(O)OCC(O)COC(=O)CCCCC/C=C/C=C\C=C/C=C/C=C/CC. The van der Waals surface area contributed by atoms with Crippen molar-refractivity contribution in [3.63, 3.8) is 0 Å². The minimum atomic E-state index is -4.80. The van der Waals surface area contributed by atoms with Crippen molar-refractivity contribution >= 4 is 27.6 Å². The molecule has 4 unspecified atom stereocenters.